The molecule has 0 bridgehead atoms. The van der Waals surface area contributed by atoms with Crippen LogP contribution in [0.4, 0.5) is 5.82 Å². The maximum atomic E-state index is 12.6. The Morgan fingerprint density at radius 2 is 1.90 bits per heavy atom. The van der Waals surface area contributed by atoms with Crippen molar-refractivity contribution in [3.05, 3.63) is 71.0 Å². The summed E-state index contributed by atoms with van der Waals surface area (Å²) in [6, 6.07) is 15.9. The van der Waals surface area contributed by atoms with Gasteiger partial charge in [-0.1, -0.05) is 27.7 Å². The number of carbonyl (C=O) groups is 1. The zero-order chi connectivity index (χ0) is 20.8. The highest BCUT2D eigenvalue weighted by atomic mass is 79.9. The average Bonchev–Trinajstić information content (AvgIpc) is 2.80. The van der Waals surface area contributed by atoms with Crippen molar-refractivity contribution in [2.75, 3.05) is 18.0 Å². The van der Waals surface area contributed by atoms with E-state index in [2.05, 4.69) is 41.3 Å². The van der Waals surface area contributed by atoms with Crippen LogP contribution in [-0.4, -0.2) is 34.2 Å². The Morgan fingerprint density at radius 1 is 1.10 bits per heavy atom. The van der Waals surface area contributed by atoms with Crippen LogP contribution in [0.5, 0.6) is 0 Å². The van der Waals surface area contributed by atoms with Crippen LogP contribution in [0.25, 0.3) is 0 Å². The number of carbonyl (C=O) groups excluding carboxylic acids is 1. The molecule has 1 aromatic carbocycles. The Morgan fingerprint density at radius 3 is 2.63 bits per heavy atom. The predicted molar refractivity (Wildman–Crippen MR) is 121 cm³/mol. The van der Waals surface area contributed by atoms with Crippen molar-refractivity contribution in [1.29, 1.82) is 0 Å². The summed E-state index contributed by atoms with van der Waals surface area (Å²) in [6.45, 7) is 2.08. The van der Waals surface area contributed by atoms with Crippen LogP contribution >= 0.6 is 27.7 Å². The highest BCUT2D eigenvalue weighted by Gasteiger charge is 2.26. The fraction of sp³-hybridized carbons (Fsp3) is 0.273. The molecule has 2 aromatic heterocycles. The molecule has 1 saturated heterocycles. The van der Waals surface area contributed by atoms with Gasteiger partial charge in [-0.3, -0.25) is 9.78 Å². The van der Waals surface area contributed by atoms with Crippen LogP contribution in [0.3, 0.4) is 0 Å². The standard InChI is InChI=1S/C22H22BrN5OS/c23-18-3-5-19(6-4-18)30-21-8-7-20(26-27-21)28-13-1-2-17(15-28)22(29)25-14-16-9-11-24-12-10-16/h3-12,17H,1-2,13-15H2,(H,25,29). The van der Waals surface area contributed by atoms with Gasteiger partial charge in [0.25, 0.3) is 0 Å². The van der Waals surface area contributed by atoms with Gasteiger partial charge in [0.05, 0.1) is 5.92 Å². The van der Waals surface area contributed by atoms with Gasteiger partial charge in [-0.25, -0.2) is 0 Å². The molecule has 1 atom stereocenters. The zero-order valence-corrected chi connectivity index (χ0v) is 18.8. The first-order chi connectivity index (χ1) is 14.7. The molecular weight excluding hydrogens is 462 g/mol. The third kappa shape index (κ3) is 5.58. The number of benzene rings is 1. The number of rotatable bonds is 6. The van der Waals surface area contributed by atoms with Crippen molar-refractivity contribution in [2.45, 2.75) is 29.3 Å². The number of halogens is 1. The van der Waals surface area contributed by atoms with Crippen LogP contribution in [0, 0.1) is 5.92 Å². The van der Waals surface area contributed by atoms with Crippen molar-refractivity contribution in [2.24, 2.45) is 5.92 Å². The Hall–Kier alpha value is -2.45. The number of amides is 1. The van der Waals surface area contributed by atoms with E-state index in [9.17, 15) is 4.79 Å². The molecule has 0 spiro atoms. The van der Waals surface area contributed by atoms with Crippen LogP contribution in [0.1, 0.15) is 18.4 Å². The first-order valence-electron chi connectivity index (χ1n) is 9.86. The Balaban J connectivity index is 1.33. The lowest BCUT2D eigenvalue weighted by Gasteiger charge is -2.32. The Bertz CT molecular complexity index is 969. The quantitative estimate of drug-likeness (QED) is 0.562. The molecule has 154 valence electrons. The third-order valence-corrected chi connectivity index (χ3v) is 6.46. The van der Waals surface area contributed by atoms with E-state index in [0.29, 0.717) is 13.1 Å². The van der Waals surface area contributed by atoms with Crippen LogP contribution in [0.2, 0.25) is 0 Å². The topological polar surface area (TPSA) is 71.0 Å². The monoisotopic (exact) mass is 483 g/mol. The molecule has 6 nitrogen and oxygen atoms in total. The lowest BCUT2D eigenvalue weighted by Crippen LogP contribution is -2.43. The maximum absolute atomic E-state index is 12.6. The molecule has 1 aliphatic rings. The van der Waals surface area contributed by atoms with Crippen LogP contribution in [-0.2, 0) is 11.3 Å². The lowest BCUT2D eigenvalue weighted by molar-refractivity contribution is -0.125. The minimum atomic E-state index is -0.0424. The van der Waals surface area contributed by atoms with E-state index >= 15 is 0 Å². The fourth-order valence-electron chi connectivity index (χ4n) is 3.39. The minimum absolute atomic E-state index is 0.0424. The van der Waals surface area contributed by atoms with Gasteiger partial charge < -0.3 is 10.2 Å². The molecular formula is C22H22BrN5OS. The van der Waals surface area contributed by atoms with Gasteiger partial charge in [-0.05, 0) is 66.9 Å². The molecule has 1 aliphatic heterocycles. The molecule has 8 heteroatoms. The summed E-state index contributed by atoms with van der Waals surface area (Å²) in [5.41, 5.74) is 1.05. The number of aromatic nitrogens is 3. The molecule has 3 aromatic rings. The molecule has 1 unspecified atom stereocenters. The zero-order valence-electron chi connectivity index (χ0n) is 16.4. The van der Waals surface area contributed by atoms with Crippen molar-refractivity contribution in [3.8, 4) is 0 Å². The number of nitrogens with one attached hydrogen (secondary N) is 1. The van der Waals surface area contributed by atoms with Crippen molar-refractivity contribution >= 4 is 39.4 Å². The number of hydrogen-bond donors (Lipinski definition) is 1. The SMILES string of the molecule is O=C(NCc1ccncc1)C1CCCN(c2ccc(Sc3ccc(Br)cc3)nn2)C1. The normalized spacial score (nSPS) is 16.3. The van der Waals surface area contributed by atoms with Gasteiger partial charge >= 0.3 is 0 Å². The smallest absolute Gasteiger partial charge is 0.225 e. The first-order valence-corrected chi connectivity index (χ1v) is 11.5. The first kappa shape index (κ1) is 20.8. The second kappa shape index (κ2) is 10.0. The largest absolute Gasteiger partial charge is 0.354 e. The average molecular weight is 484 g/mol. The van der Waals surface area contributed by atoms with Gasteiger partial charge in [-0.2, -0.15) is 0 Å². The van der Waals surface area contributed by atoms with Crippen molar-refractivity contribution in [1.82, 2.24) is 20.5 Å². The van der Waals surface area contributed by atoms with Crippen molar-refractivity contribution < 1.29 is 4.79 Å². The summed E-state index contributed by atoms with van der Waals surface area (Å²) >= 11 is 5.03. The van der Waals surface area contributed by atoms with Gasteiger partial charge in [0, 0.05) is 41.4 Å². The summed E-state index contributed by atoms with van der Waals surface area (Å²) in [5.74, 6) is 0.868. The molecule has 1 amide bonds. The number of pyridine rings is 1. The van der Waals surface area contributed by atoms with Crippen LogP contribution in [0.15, 0.2) is 75.3 Å². The van der Waals surface area contributed by atoms with E-state index in [1.807, 2.05) is 48.5 Å². The molecule has 0 radical (unpaired) electrons. The highest BCUT2D eigenvalue weighted by Crippen LogP contribution is 2.28. The second-order valence-corrected chi connectivity index (χ2v) is 9.15. The predicted octanol–water partition coefficient (Wildman–Crippen LogP) is 4.32. The third-order valence-electron chi connectivity index (χ3n) is 4.99. The summed E-state index contributed by atoms with van der Waals surface area (Å²) in [5, 5.41) is 12.7. The lowest BCUT2D eigenvalue weighted by atomic mass is 9.97. The molecule has 1 N–H and O–H groups in total. The van der Waals surface area contributed by atoms with Gasteiger partial charge in [0.15, 0.2) is 5.82 Å². The van der Waals surface area contributed by atoms with E-state index in [4.69, 9.17) is 0 Å². The van der Waals surface area contributed by atoms with Crippen LogP contribution < -0.4 is 10.2 Å². The van der Waals surface area contributed by atoms with Gasteiger partial charge in [0.1, 0.15) is 5.03 Å². The van der Waals surface area contributed by atoms with E-state index < -0.39 is 0 Å². The maximum Gasteiger partial charge on any atom is 0.225 e. The van der Waals surface area contributed by atoms with Crippen molar-refractivity contribution in [3.63, 3.8) is 0 Å². The molecule has 1 fully saturated rings. The summed E-state index contributed by atoms with van der Waals surface area (Å²) in [6.07, 6.45) is 5.33. The summed E-state index contributed by atoms with van der Waals surface area (Å²) in [4.78, 5) is 19.9. The number of hydrogen-bond acceptors (Lipinski definition) is 6. The molecule has 30 heavy (non-hydrogen) atoms. The van der Waals surface area contributed by atoms with E-state index in [1.54, 1.807) is 24.2 Å². The molecule has 4 rings (SSSR count). The van der Waals surface area contributed by atoms with E-state index in [0.717, 1.165) is 45.2 Å². The highest BCUT2D eigenvalue weighted by molar-refractivity contribution is 9.10. The Kier molecular flexibility index (Phi) is 6.96. The van der Waals surface area contributed by atoms with Gasteiger partial charge in [-0.15, -0.1) is 10.2 Å². The van der Waals surface area contributed by atoms with E-state index in [-0.39, 0.29) is 11.8 Å². The number of piperidine rings is 1. The van der Waals surface area contributed by atoms with E-state index in [1.165, 1.54) is 0 Å². The number of anilines is 1. The fourth-order valence-corrected chi connectivity index (χ4v) is 4.39. The Labute approximate surface area is 188 Å². The number of nitrogens with zero attached hydrogens (tertiary/aromatic N) is 4. The summed E-state index contributed by atoms with van der Waals surface area (Å²) < 4.78 is 1.05. The molecule has 3 heterocycles. The second-order valence-electron chi connectivity index (χ2n) is 7.14. The minimum Gasteiger partial charge on any atom is -0.354 e. The van der Waals surface area contributed by atoms with Gasteiger partial charge in [0.2, 0.25) is 5.91 Å². The molecule has 0 aliphatic carbocycles. The molecule has 0 saturated carbocycles. The summed E-state index contributed by atoms with van der Waals surface area (Å²) in [7, 11) is 0.